The molecule has 1 aromatic rings. The van der Waals surface area contributed by atoms with Crippen LogP contribution in [0.3, 0.4) is 0 Å². The molecule has 1 aromatic carbocycles. The number of nitrogens with one attached hydrogen (secondary N) is 1. The maximum Gasteiger partial charge on any atom is 0.229 e. The highest BCUT2D eigenvalue weighted by Crippen LogP contribution is 2.16. The van der Waals surface area contributed by atoms with E-state index < -0.39 is 0 Å². The van der Waals surface area contributed by atoms with E-state index >= 15 is 0 Å². The maximum atomic E-state index is 11.4. The summed E-state index contributed by atoms with van der Waals surface area (Å²) in [6, 6.07) is 7.74. The van der Waals surface area contributed by atoms with E-state index in [9.17, 15) is 4.79 Å². The molecule has 0 radical (unpaired) electrons. The Labute approximate surface area is 127 Å². The first-order valence-electron chi connectivity index (χ1n) is 6.45. The van der Waals surface area contributed by atoms with Gasteiger partial charge >= 0.3 is 0 Å². The van der Waals surface area contributed by atoms with Crippen LogP contribution >= 0.6 is 27.7 Å². The van der Waals surface area contributed by atoms with Crippen LogP contribution in [0.4, 0.5) is 0 Å². The van der Waals surface area contributed by atoms with Crippen molar-refractivity contribution in [1.29, 1.82) is 0 Å². The summed E-state index contributed by atoms with van der Waals surface area (Å²) in [6.07, 6.45) is 2.15. The van der Waals surface area contributed by atoms with Crippen LogP contribution in [0.5, 0.6) is 5.75 Å². The minimum atomic E-state index is 0.113. The van der Waals surface area contributed by atoms with Crippen molar-refractivity contribution in [2.24, 2.45) is 0 Å². The SMILES string of the molecule is CCCCNC(=O)CSCCOc1ccc(Br)cc1. The molecule has 0 aliphatic rings. The summed E-state index contributed by atoms with van der Waals surface area (Å²) in [5, 5.41) is 2.89. The van der Waals surface area contributed by atoms with Gasteiger partial charge in [-0.05, 0) is 30.7 Å². The van der Waals surface area contributed by atoms with Gasteiger partial charge < -0.3 is 10.1 Å². The molecule has 3 nitrogen and oxygen atoms in total. The molecule has 1 amide bonds. The van der Waals surface area contributed by atoms with Crippen molar-refractivity contribution in [2.75, 3.05) is 24.7 Å². The molecular formula is C14H20BrNO2S. The average Bonchev–Trinajstić information content (AvgIpc) is 2.41. The molecule has 0 saturated carbocycles. The molecular weight excluding hydrogens is 326 g/mol. The van der Waals surface area contributed by atoms with Gasteiger partial charge in [-0.2, -0.15) is 0 Å². The van der Waals surface area contributed by atoms with Gasteiger partial charge in [0.2, 0.25) is 5.91 Å². The minimum absolute atomic E-state index is 0.113. The number of hydrogen-bond donors (Lipinski definition) is 1. The third-order valence-electron chi connectivity index (χ3n) is 2.40. The molecule has 0 bridgehead atoms. The normalized spacial score (nSPS) is 10.2. The number of benzene rings is 1. The average molecular weight is 346 g/mol. The Morgan fingerprint density at radius 3 is 2.79 bits per heavy atom. The molecule has 19 heavy (non-hydrogen) atoms. The van der Waals surface area contributed by atoms with Crippen LogP contribution < -0.4 is 10.1 Å². The zero-order chi connectivity index (χ0) is 13.9. The molecule has 0 heterocycles. The van der Waals surface area contributed by atoms with Gasteiger partial charge in [0.25, 0.3) is 0 Å². The highest BCUT2D eigenvalue weighted by atomic mass is 79.9. The van der Waals surface area contributed by atoms with E-state index in [4.69, 9.17) is 4.74 Å². The van der Waals surface area contributed by atoms with Crippen molar-refractivity contribution < 1.29 is 9.53 Å². The summed E-state index contributed by atoms with van der Waals surface area (Å²) in [7, 11) is 0. The lowest BCUT2D eigenvalue weighted by Gasteiger charge is -2.06. The summed E-state index contributed by atoms with van der Waals surface area (Å²) in [6.45, 7) is 3.51. The lowest BCUT2D eigenvalue weighted by molar-refractivity contribution is -0.118. The number of halogens is 1. The van der Waals surface area contributed by atoms with Gasteiger partial charge in [-0.15, -0.1) is 11.8 Å². The number of ether oxygens (including phenoxy) is 1. The Balaban J connectivity index is 2.01. The Kier molecular flexibility index (Phi) is 8.75. The number of thioether (sulfide) groups is 1. The molecule has 0 atom stereocenters. The molecule has 0 saturated heterocycles. The molecule has 0 spiro atoms. The number of hydrogen-bond acceptors (Lipinski definition) is 3. The zero-order valence-corrected chi connectivity index (χ0v) is 13.6. The van der Waals surface area contributed by atoms with Crippen LogP contribution in [0, 0.1) is 0 Å². The number of carbonyl (C=O) groups excluding carboxylic acids is 1. The van der Waals surface area contributed by atoms with E-state index in [0.717, 1.165) is 35.4 Å². The first kappa shape index (κ1) is 16.4. The van der Waals surface area contributed by atoms with Crippen LogP contribution in [0.15, 0.2) is 28.7 Å². The van der Waals surface area contributed by atoms with Crippen molar-refractivity contribution in [1.82, 2.24) is 5.32 Å². The van der Waals surface area contributed by atoms with E-state index in [1.54, 1.807) is 11.8 Å². The quantitative estimate of drug-likeness (QED) is 0.696. The molecule has 0 unspecified atom stereocenters. The second-order valence-electron chi connectivity index (χ2n) is 4.06. The smallest absolute Gasteiger partial charge is 0.229 e. The zero-order valence-electron chi connectivity index (χ0n) is 11.2. The van der Waals surface area contributed by atoms with Gasteiger partial charge in [0.1, 0.15) is 5.75 Å². The van der Waals surface area contributed by atoms with Crippen LogP contribution in [0.2, 0.25) is 0 Å². The van der Waals surface area contributed by atoms with Crippen LogP contribution in [-0.4, -0.2) is 30.6 Å². The predicted octanol–water partition coefficient (Wildman–Crippen LogP) is 3.48. The molecule has 0 aliphatic heterocycles. The molecule has 1 rings (SSSR count). The van der Waals surface area contributed by atoms with Crippen molar-refractivity contribution in [3.8, 4) is 5.75 Å². The summed E-state index contributed by atoms with van der Waals surface area (Å²) < 4.78 is 6.61. The lowest BCUT2D eigenvalue weighted by atomic mass is 10.3. The number of unbranched alkanes of at least 4 members (excludes halogenated alkanes) is 1. The lowest BCUT2D eigenvalue weighted by Crippen LogP contribution is -2.26. The van der Waals surface area contributed by atoms with Crippen LogP contribution in [0.25, 0.3) is 0 Å². The fourth-order valence-electron chi connectivity index (χ4n) is 1.37. The summed E-state index contributed by atoms with van der Waals surface area (Å²) in [5.74, 6) is 2.29. The molecule has 0 aliphatic carbocycles. The largest absolute Gasteiger partial charge is 0.493 e. The number of carbonyl (C=O) groups is 1. The van der Waals surface area contributed by atoms with Crippen molar-refractivity contribution in [3.63, 3.8) is 0 Å². The maximum absolute atomic E-state index is 11.4. The van der Waals surface area contributed by atoms with Gasteiger partial charge in [-0.1, -0.05) is 29.3 Å². The van der Waals surface area contributed by atoms with E-state index in [1.165, 1.54) is 0 Å². The Hall–Kier alpha value is -0.680. The molecule has 106 valence electrons. The minimum Gasteiger partial charge on any atom is -0.493 e. The van der Waals surface area contributed by atoms with Gasteiger partial charge in [0, 0.05) is 16.8 Å². The summed E-state index contributed by atoms with van der Waals surface area (Å²) in [5.41, 5.74) is 0. The Morgan fingerprint density at radius 2 is 2.11 bits per heavy atom. The van der Waals surface area contributed by atoms with Crippen molar-refractivity contribution >= 4 is 33.6 Å². The van der Waals surface area contributed by atoms with E-state index in [2.05, 4.69) is 28.2 Å². The third kappa shape index (κ3) is 8.16. The number of amides is 1. The first-order valence-corrected chi connectivity index (χ1v) is 8.40. The van der Waals surface area contributed by atoms with Crippen molar-refractivity contribution in [2.45, 2.75) is 19.8 Å². The van der Waals surface area contributed by atoms with Gasteiger partial charge in [-0.25, -0.2) is 0 Å². The topological polar surface area (TPSA) is 38.3 Å². The fraction of sp³-hybridized carbons (Fsp3) is 0.500. The Morgan fingerprint density at radius 1 is 1.37 bits per heavy atom. The van der Waals surface area contributed by atoms with Gasteiger partial charge in [-0.3, -0.25) is 4.79 Å². The Bertz CT molecular complexity index is 370. The molecule has 5 heteroatoms. The fourth-order valence-corrected chi connectivity index (χ4v) is 2.27. The second-order valence-corrected chi connectivity index (χ2v) is 6.08. The van der Waals surface area contributed by atoms with Crippen LogP contribution in [0.1, 0.15) is 19.8 Å². The van der Waals surface area contributed by atoms with E-state index in [1.807, 2.05) is 24.3 Å². The molecule has 1 N–H and O–H groups in total. The van der Waals surface area contributed by atoms with Gasteiger partial charge in [0.05, 0.1) is 12.4 Å². The van der Waals surface area contributed by atoms with Gasteiger partial charge in [0.15, 0.2) is 0 Å². The third-order valence-corrected chi connectivity index (χ3v) is 3.85. The molecule has 0 fully saturated rings. The highest BCUT2D eigenvalue weighted by molar-refractivity contribution is 9.10. The number of rotatable bonds is 9. The monoisotopic (exact) mass is 345 g/mol. The van der Waals surface area contributed by atoms with E-state index in [-0.39, 0.29) is 5.91 Å². The highest BCUT2D eigenvalue weighted by Gasteiger charge is 2.00. The summed E-state index contributed by atoms with van der Waals surface area (Å²) >= 11 is 4.97. The predicted molar refractivity (Wildman–Crippen MR) is 84.9 cm³/mol. The van der Waals surface area contributed by atoms with Crippen LogP contribution in [-0.2, 0) is 4.79 Å². The van der Waals surface area contributed by atoms with E-state index in [0.29, 0.717) is 12.4 Å². The standard InChI is InChI=1S/C14H20BrNO2S/c1-2-3-8-16-14(17)11-19-10-9-18-13-6-4-12(15)5-7-13/h4-7H,2-3,8-11H2,1H3,(H,16,17). The molecule has 0 aromatic heterocycles. The first-order chi connectivity index (χ1) is 9.22. The van der Waals surface area contributed by atoms with Crippen molar-refractivity contribution in [3.05, 3.63) is 28.7 Å². The second kappa shape index (κ2) is 10.1. The summed E-state index contributed by atoms with van der Waals surface area (Å²) in [4.78, 5) is 11.4.